The van der Waals surface area contributed by atoms with Crippen LogP contribution in [0.1, 0.15) is 32.2 Å². The Morgan fingerprint density at radius 2 is 2.09 bits per heavy atom. The van der Waals surface area contributed by atoms with E-state index in [2.05, 4.69) is 5.32 Å². The number of halogens is 1. The second kappa shape index (κ2) is 5.92. The zero-order chi connectivity index (χ0) is 16.0. The SMILES string of the molecule is O=C(N[C@H]1C[C@@H]2C[C@H]1CN2C(=O)c1ccc(Cl)s1)c1cccs1. The molecule has 0 spiro atoms. The Bertz CT molecular complexity index is 743. The molecule has 2 amide bonds. The number of hydrogen-bond acceptors (Lipinski definition) is 4. The molecule has 0 radical (unpaired) electrons. The summed E-state index contributed by atoms with van der Waals surface area (Å²) in [6.45, 7) is 0.717. The molecular weight excluding hydrogens is 352 g/mol. The summed E-state index contributed by atoms with van der Waals surface area (Å²) in [4.78, 5) is 28.1. The molecular formula is C16H15ClN2O2S2. The van der Waals surface area contributed by atoms with Crippen molar-refractivity contribution in [2.75, 3.05) is 6.54 Å². The highest BCUT2D eigenvalue weighted by molar-refractivity contribution is 7.18. The van der Waals surface area contributed by atoms with E-state index < -0.39 is 0 Å². The highest BCUT2D eigenvalue weighted by Crippen LogP contribution is 2.39. The quantitative estimate of drug-likeness (QED) is 0.903. The number of fused-ring (bicyclic) bond motifs is 2. The Hall–Kier alpha value is -1.37. The number of piperidine rings is 1. The van der Waals surface area contributed by atoms with Crippen LogP contribution in [-0.2, 0) is 0 Å². The van der Waals surface area contributed by atoms with Gasteiger partial charge in [-0.2, -0.15) is 0 Å². The van der Waals surface area contributed by atoms with Crippen LogP contribution in [0.3, 0.4) is 0 Å². The van der Waals surface area contributed by atoms with E-state index in [1.165, 1.54) is 22.7 Å². The molecule has 0 unspecified atom stereocenters. The van der Waals surface area contributed by atoms with Crippen LogP contribution in [0.2, 0.25) is 4.34 Å². The van der Waals surface area contributed by atoms with Gasteiger partial charge in [0.25, 0.3) is 11.8 Å². The minimum atomic E-state index is 0.000431. The average molecular weight is 367 g/mol. The number of carbonyl (C=O) groups is 2. The summed E-state index contributed by atoms with van der Waals surface area (Å²) < 4.78 is 0.638. The van der Waals surface area contributed by atoms with Crippen molar-refractivity contribution in [2.24, 2.45) is 5.92 Å². The maximum absolute atomic E-state index is 12.6. The highest BCUT2D eigenvalue weighted by atomic mass is 35.5. The molecule has 1 aliphatic heterocycles. The van der Waals surface area contributed by atoms with Gasteiger partial charge in [-0.3, -0.25) is 9.59 Å². The van der Waals surface area contributed by atoms with Crippen LogP contribution >= 0.6 is 34.3 Å². The molecule has 2 bridgehead atoms. The summed E-state index contributed by atoms with van der Waals surface area (Å²) in [5.41, 5.74) is 0. The first-order valence-corrected chi connectivity index (χ1v) is 9.60. The number of carbonyl (C=O) groups excluding carboxylic acids is 2. The van der Waals surface area contributed by atoms with Gasteiger partial charge in [-0.1, -0.05) is 17.7 Å². The standard InChI is InChI=1S/C16H15ClN2O2S2/c17-14-4-3-13(23-14)16(21)19-8-9-6-10(19)7-11(9)18-15(20)12-2-1-5-22-12/h1-5,9-11H,6-8H2,(H,18,20)/t9-,10-,11-/m0/s1. The third kappa shape index (κ3) is 2.79. The van der Waals surface area contributed by atoms with Crippen molar-refractivity contribution >= 4 is 46.1 Å². The molecule has 1 aliphatic carbocycles. The van der Waals surface area contributed by atoms with E-state index in [1.807, 2.05) is 22.4 Å². The maximum Gasteiger partial charge on any atom is 0.264 e. The van der Waals surface area contributed by atoms with Gasteiger partial charge in [0.05, 0.1) is 14.1 Å². The fourth-order valence-corrected chi connectivity index (χ4v) is 5.22. The summed E-state index contributed by atoms with van der Waals surface area (Å²) in [6.07, 6.45) is 1.81. The van der Waals surface area contributed by atoms with Crippen molar-refractivity contribution in [1.29, 1.82) is 0 Å². The summed E-state index contributed by atoms with van der Waals surface area (Å²) in [5.74, 6) is 0.418. The third-order valence-electron chi connectivity index (χ3n) is 4.65. The van der Waals surface area contributed by atoms with Gasteiger partial charge in [0, 0.05) is 18.6 Å². The van der Waals surface area contributed by atoms with Crippen molar-refractivity contribution in [3.63, 3.8) is 0 Å². The number of likely N-dealkylation sites (tertiary alicyclic amines) is 1. The third-order valence-corrected chi connectivity index (χ3v) is 6.74. The lowest BCUT2D eigenvalue weighted by Crippen LogP contribution is -2.47. The fraction of sp³-hybridized carbons (Fsp3) is 0.375. The van der Waals surface area contributed by atoms with Gasteiger partial charge in [0.1, 0.15) is 0 Å². The Balaban J connectivity index is 1.40. The second-order valence-electron chi connectivity index (χ2n) is 6.00. The van der Waals surface area contributed by atoms with E-state index in [9.17, 15) is 9.59 Å². The summed E-state index contributed by atoms with van der Waals surface area (Å²) in [5, 5.41) is 5.04. The summed E-state index contributed by atoms with van der Waals surface area (Å²) in [6, 6.07) is 7.67. The lowest BCUT2D eigenvalue weighted by molar-refractivity contribution is 0.0685. The fourth-order valence-electron chi connectivity index (χ4n) is 3.60. The molecule has 3 heterocycles. The summed E-state index contributed by atoms with van der Waals surface area (Å²) in [7, 11) is 0. The Labute approximate surface area is 147 Å². The van der Waals surface area contributed by atoms with Crippen molar-refractivity contribution in [3.05, 3.63) is 43.7 Å². The predicted octanol–water partition coefficient (Wildman–Crippen LogP) is 3.50. The molecule has 1 saturated heterocycles. The number of thiophene rings is 2. The number of nitrogens with zero attached hydrogens (tertiary/aromatic N) is 1. The molecule has 2 aromatic rings. The Morgan fingerprint density at radius 3 is 2.70 bits per heavy atom. The second-order valence-corrected chi connectivity index (χ2v) is 8.67. The van der Waals surface area contributed by atoms with E-state index >= 15 is 0 Å². The number of hydrogen-bond donors (Lipinski definition) is 1. The molecule has 0 aromatic carbocycles. The zero-order valence-electron chi connectivity index (χ0n) is 12.2. The van der Waals surface area contributed by atoms with Crippen LogP contribution in [0.4, 0.5) is 0 Å². The predicted molar refractivity (Wildman–Crippen MR) is 92.5 cm³/mol. The van der Waals surface area contributed by atoms with E-state index in [4.69, 9.17) is 11.6 Å². The number of rotatable bonds is 3. The van der Waals surface area contributed by atoms with Gasteiger partial charge in [-0.05, 0) is 42.3 Å². The minimum absolute atomic E-state index is 0.000431. The van der Waals surface area contributed by atoms with Crippen molar-refractivity contribution in [3.8, 4) is 0 Å². The van der Waals surface area contributed by atoms with Gasteiger partial charge in [-0.15, -0.1) is 22.7 Å². The molecule has 120 valence electrons. The molecule has 23 heavy (non-hydrogen) atoms. The van der Waals surface area contributed by atoms with Crippen molar-refractivity contribution < 1.29 is 9.59 Å². The van der Waals surface area contributed by atoms with Crippen LogP contribution in [0.15, 0.2) is 29.6 Å². The molecule has 3 atom stereocenters. The maximum atomic E-state index is 12.6. The molecule has 2 aromatic heterocycles. The lowest BCUT2D eigenvalue weighted by Gasteiger charge is -2.31. The first-order chi connectivity index (χ1) is 11.1. The van der Waals surface area contributed by atoms with Crippen molar-refractivity contribution in [1.82, 2.24) is 10.2 Å². The van der Waals surface area contributed by atoms with Crippen LogP contribution in [-0.4, -0.2) is 35.3 Å². The van der Waals surface area contributed by atoms with Gasteiger partial charge in [0.2, 0.25) is 0 Å². The molecule has 1 N–H and O–H groups in total. The topological polar surface area (TPSA) is 49.4 Å². The lowest BCUT2D eigenvalue weighted by atomic mass is 10.0. The van der Waals surface area contributed by atoms with Crippen LogP contribution in [0.25, 0.3) is 0 Å². The average Bonchev–Trinajstić information content (AvgIpc) is 3.30. The first-order valence-electron chi connectivity index (χ1n) is 7.52. The Morgan fingerprint density at radius 1 is 1.22 bits per heavy atom. The molecule has 2 fully saturated rings. The molecule has 1 saturated carbocycles. The Kier molecular flexibility index (Phi) is 3.91. The van der Waals surface area contributed by atoms with Gasteiger partial charge < -0.3 is 10.2 Å². The molecule has 4 rings (SSSR count). The normalized spacial score (nSPS) is 25.8. The number of nitrogens with one attached hydrogen (secondary N) is 1. The van der Waals surface area contributed by atoms with E-state index in [0.717, 1.165) is 17.7 Å². The largest absolute Gasteiger partial charge is 0.348 e. The minimum Gasteiger partial charge on any atom is -0.348 e. The number of amides is 2. The monoisotopic (exact) mass is 366 g/mol. The van der Waals surface area contributed by atoms with Crippen LogP contribution in [0.5, 0.6) is 0 Å². The van der Waals surface area contributed by atoms with E-state index in [-0.39, 0.29) is 23.9 Å². The molecule has 7 heteroatoms. The highest BCUT2D eigenvalue weighted by Gasteiger charge is 2.47. The van der Waals surface area contributed by atoms with Crippen LogP contribution < -0.4 is 5.32 Å². The van der Waals surface area contributed by atoms with Gasteiger partial charge >= 0.3 is 0 Å². The van der Waals surface area contributed by atoms with E-state index in [1.54, 1.807) is 12.1 Å². The molecule has 4 nitrogen and oxygen atoms in total. The first kappa shape index (κ1) is 15.2. The van der Waals surface area contributed by atoms with E-state index in [0.29, 0.717) is 21.7 Å². The van der Waals surface area contributed by atoms with Gasteiger partial charge in [0.15, 0.2) is 0 Å². The van der Waals surface area contributed by atoms with Crippen LogP contribution in [0, 0.1) is 5.92 Å². The zero-order valence-corrected chi connectivity index (χ0v) is 14.6. The van der Waals surface area contributed by atoms with Gasteiger partial charge in [-0.25, -0.2) is 0 Å². The molecule has 2 aliphatic rings. The van der Waals surface area contributed by atoms with Crippen molar-refractivity contribution in [2.45, 2.75) is 24.9 Å². The smallest absolute Gasteiger partial charge is 0.264 e. The summed E-state index contributed by atoms with van der Waals surface area (Å²) >= 11 is 8.70.